The third-order valence-electron chi connectivity index (χ3n) is 1.62. The molecule has 0 aromatic heterocycles. The minimum Gasteiger partial charge on any atom is -0.402 e. The van der Waals surface area contributed by atoms with E-state index < -0.39 is 6.58 Å². The van der Waals surface area contributed by atoms with E-state index in [1.807, 2.05) is 0 Å². The van der Waals surface area contributed by atoms with Crippen LogP contribution in [-0.4, -0.2) is 24.4 Å². The van der Waals surface area contributed by atoms with Gasteiger partial charge in [0.2, 0.25) is 0 Å². The number of allylic oxidation sites excluding steroid dienone is 1. The van der Waals surface area contributed by atoms with E-state index in [-0.39, 0.29) is 12.7 Å². The topological polar surface area (TPSA) is 55.5 Å². The molecule has 0 spiro atoms. The Balaban J connectivity index is 2.73. The van der Waals surface area contributed by atoms with Gasteiger partial charge >= 0.3 is 0 Å². The van der Waals surface area contributed by atoms with Crippen molar-refractivity contribution in [3.05, 3.63) is 11.3 Å². The molecule has 1 aliphatic rings. The molecule has 58 valence electrons. The number of aliphatic hydroxyl groups is 1. The number of ether oxygens (including phenoxy) is 1. The summed E-state index contributed by atoms with van der Waals surface area (Å²) in [6.07, 6.45) is 0.176. The molecule has 1 rings (SSSR count). The van der Waals surface area contributed by atoms with Crippen molar-refractivity contribution in [2.24, 2.45) is 5.73 Å². The van der Waals surface area contributed by atoms with Crippen LogP contribution in [0.4, 0.5) is 0 Å². The summed E-state index contributed by atoms with van der Waals surface area (Å²) in [6, 6.07) is 0. The molecule has 1 saturated heterocycles. The highest BCUT2D eigenvalue weighted by Gasteiger charge is 2.21. The van der Waals surface area contributed by atoms with Crippen molar-refractivity contribution >= 4 is 0 Å². The zero-order valence-electron chi connectivity index (χ0n) is 7.00. The second-order valence-corrected chi connectivity index (χ2v) is 2.39. The maximum absolute atomic E-state index is 8.81. The van der Waals surface area contributed by atoms with Crippen molar-refractivity contribution in [3.63, 3.8) is 0 Å². The Hall–Kier alpha value is -0.540. The van der Waals surface area contributed by atoms with E-state index in [4.69, 9.17) is 16.9 Å². The second kappa shape index (κ2) is 3.03. The van der Waals surface area contributed by atoms with Gasteiger partial charge in [-0.3, -0.25) is 0 Å². The van der Waals surface area contributed by atoms with Crippen LogP contribution in [0.15, 0.2) is 11.3 Å². The van der Waals surface area contributed by atoms with Crippen molar-refractivity contribution in [1.29, 1.82) is 0 Å². The van der Waals surface area contributed by atoms with Gasteiger partial charge in [-0.1, -0.05) is 0 Å². The summed E-state index contributed by atoms with van der Waals surface area (Å²) in [5.41, 5.74) is 7.06. The van der Waals surface area contributed by atoms with E-state index >= 15 is 0 Å². The highest BCUT2D eigenvalue weighted by molar-refractivity contribution is 5.17. The molecule has 0 radical (unpaired) electrons. The van der Waals surface area contributed by atoms with E-state index in [0.29, 0.717) is 12.1 Å². The van der Waals surface area contributed by atoms with Gasteiger partial charge in [-0.05, 0) is 18.9 Å². The third kappa shape index (κ3) is 1.30. The Morgan fingerprint density at radius 3 is 3.20 bits per heavy atom. The monoisotopic (exact) mass is 145 g/mol. The van der Waals surface area contributed by atoms with Crippen LogP contribution in [-0.2, 0) is 4.74 Å². The Bertz CT molecular complexity index is 177. The van der Waals surface area contributed by atoms with Crippen molar-refractivity contribution < 1.29 is 11.2 Å². The van der Waals surface area contributed by atoms with Crippen molar-refractivity contribution in [1.82, 2.24) is 0 Å². The lowest BCUT2D eigenvalue weighted by atomic mass is 10.1. The summed E-state index contributed by atoms with van der Waals surface area (Å²) in [4.78, 5) is 0. The molecular formula is C7H13NO2. The number of hydrogen-bond donors (Lipinski definition) is 2. The van der Waals surface area contributed by atoms with Crippen LogP contribution in [0.25, 0.3) is 0 Å². The largest absolute Gasteiger partial charge is 0.402 e. The average Bonchev–Trinajstić information content (AvgIpc) is 2.30. The molecule has 0 saturated carbocycles. The summed E-state index contributed by atoms with van der Waals surface area (Å²) >= 11 is 0. The number of nitrogens with two attached hydrogens (primary N) is 1. The van der Waals surface area contributed by atoms with Crippen LogP contribution in [0.1, 0.15) is 14.7 Å². The number of aliphatic hydroxyl groups excluding tert-OH is 1. The Morgan fingerprint density at radius 1 is 2.10 bits per heavy atom. The minimum atomic E-state index is -0.555. The van der Waals surface area contributed by atoms with Crippen molar-refractivity contribution in [3.8, 4) is 0 Å². The van der Waals surface area contributed by atoms with Gasteiger partial charge in [0.1, 0.15) is 6.10 Å². The Kier molecular flexibility index (Phi) is 1.88. The summed E-state index contributed by atoms with van der Waals surface area (Å²) in [7, 11) is 0. The predicted molar refractivity (Wildman–Crippen MR) is 38.3 cm³/mol. The fourth-order valence-electron chi connectivity index (χ4n) is 1.04. The second-order valence-electron chi connectivity index (χ2n) is 2.39. The molecule has 3 heteroatoms. The van der Waals surface area contributed by atoms with Crippen LogP contribution in [0.3, 0.4) is 0 Å². The summed E-state index contributed by atoms with van der Waals surface area (Å²) in [5, 5.41) is 8.81. The fraction of sp³-hybridized carbons (Fsp3) is 0.714. The fourth-order valence-corrected chi connectivity index (χ4v) is 1.04. The van der Waals surface area contributed by atoms with Crippen LogP contribution in [0.5, 0.6) is 0 Å². The molecule has 0 amide bonds. The van der Waals surface area contributed by atoms with Gasteiger partial charge in [0.05, 0.1) is 14.6 Å². The van der Waals surface area contributed by atoms with Gasteiger partial charge < -0.3 is 15.6 Å². The first-order chi connectivity index (χ1) is 5.15. The first kappa shape index (κ1) is 6.19. The Morgan fingerprint density at radius 2 is 2.80 bits per heavy atom. The van der Waals surface area contributed by atoms with Crippen molar-refractivity contribution in [2.45, 2.75) is 19.4 Å². The Labute approximate surface area is 61.9 Å². The summed E-state index contributed by atoms with van der Waals surface area (Å²) in [5.74, 6) is 0. The quantitative estimate of drug-likeness (QED) is 0.546. The lowest BCUT2D eigenvalue weighted by Gasteiger charge is -2.08. The van der Waals surface area contributed by atoms with Gasteiger partial charge in [0.15, 0.2) is 0 Å². The molecule has 1 fully saturated rings. The normalized spacial score (nSPS) is 39.6. The standard InChI is InChI=1S/C7H13NO2/c1-5(8)6-2-3-10-7(6)4-9/h7,9H,2-4,8H2,1H3/t7-/m1/s1/i3T/t3?,7-. The van der Waals surface area contributed by atoms with E-state index in [1.165, 1.54) is 0 Å². The van der Waals surface area contributed by atoms with Crippen LogP contribution in [0, 0.1) is 0 Å². The molecular weight excluding hydrogens is 130 g/mol. The molecule has 10 heavy (non-hydrogen) atoms. The van der Waals surface area contributed by atoms with E-state index in [1.54, 1.807) is 6.92 Å². The SMILES string of the molecule is [3H]C1CC(=C(C)N)[C@@H](CO)O1. The molecule has 0 bridgehead atoms. The van der Waals surface area contributed by atoms with Crippen molar-refractivity contribution in [2.75, 3.05) is 13.2 Å². The highest BCUT2D eigenvalue weighted by atomic mass is 16.5. The van der Waals surface area contributed by atoms with E-state index in [9.17, 15) is 0 Å². The van der Waals surface area contributed by atoms with Crippen LogP contribution >= 0.6 is 0 Å². The van der Waals surface area contributed by atoms with Gasteiger partial charge in [-0.2, -0.15) is 0 Å². The molecule has 3 N–H and O–H groups in total. The van der Waals surface area contributed by atoms with Crippen LogP contribution < -0.4 is 5.73 Å². The van der Waals surface area contributed by atoms with Gasteiger partial charge in [0.25, 0.3) is 0 Å². The van der Waals surface area contributed by atoms with Gasteiger partial charge in [-0.25, -0.2) is 0 Å². The number of hydrogen-bond acceptors (Lipinski definition) is 3. The van der Waals surface area contributed by atoms with E-state index in [2.05, 4.69) is 0 Å². The maximum atomic E-state index is 8.81. The lowest BCUT2D eigenvalue weighted by molar-refractivity contribution is 0.0724. The molecule has 0 aromatic rings. The highest BCUT2D eigenvalue weighted by Crippen LogP contribution is 2.20. The maximum Gasteiger partial charge on any atom is 0.104 e. The molecule has 1 unspecified atom stereocenters. The molecule has 0 aliphatic carbocycles. The third-order valence-corrected chi connectivity index (χ3v) is 1.62. The molecule has 0 aromatic carbocycles. The lowest BCUT2D eigenvalue weighted by Crippen LogP contribution is -2.15. The molecule has 1 heterocycles. The smallest absolute Gasteiger partial charge is 0.104 e. The first-order valence-corrected chi connectivity index (χ1v) is 3.29. The average molecular weight is 145 g/mol. The summed E-state index contributed by atoms with van der Waals surface area (Å²) < 4.78 is 12.3. The zero-order chi connectivity index (χ0) is 8.43. The van der Waals surface area contributed by atoms with Crippen LogP contribution in [0.2, 0.25) is 0 Å². The van der Waals surface area contributed by atoms with Gasteiger partial charge in [-0.15, -0.1) is 0 Å². The predicted octanol–water partition coefficient (Wildman–Crippen LogP) is 0.000300. The van der Waals surface area contributed by atoms with Gasteiger partial charge in [0, 0.05) is 5.70 Å². The first-order valence-electron chi connectivity index (χ1n) is 3.86. The minimum absolute atomic E-state index is 0.0841. The molecule has 3 nitrogen and oxygen atoms in total. The summed E-state index contributed by atoms with van der Waals surface area (Å²) in [6.45, 7) is 1.12. The molecule has 1 aliphatic heterocycles. The zero-order valence-corrected chi connectivity index (χ0v) is 6.00. The van der Waals surface area contributed by atoms with E-state index in [0.717, 1.165) is 5.57 Å². The number of rotatable bonds is 1. The molecule has 2 atom stereocenters.